The minimum atomic E-state index is -0.699. The van der Waals surface area contributed by atoms with Crippen molar-refractivity contribution in [3.05, 3.63) is 90.0 Å². The van der Waals surface area contributed by atoms with Crippen molar-refractivity contribution < 1.29 is 8.78 Å². The summed E-state index contributed by atoms with van der Waals surface area (Å²) in [6.07, 6.45) is 6.88. The van der Waals surface area contributed by atoms with Crippen LogP contribution in [-0.4, -0.2) is 20.0 Å². The molecule has 0 fully saturated rings. The van der Waals surface area contributed by atoms with Gasteiger partial charge in [-0.15, -0.1) is 0 Å². The van der Waals surface area contributed by atoms with E-state index in [4.69, 9.17) is 12.2 Å². The SMILES string of the molecule is Fc1ccc(NC(=S)N(Cc2cccnc2)Cc2cccnc2)c(F)c1. The molecule has 0 unspecified atom stereocenters. The monoisotopic (exact) mass is 370 g/mol. The topological polar surface area (TPSA) is 41.0 Å². The van der Waals surface area contributed by atoms with Gasteiger partial charge in [-0.1, -0.05) is 12.1 Å². The van der Waals surface area contributed by atoms with Crippen LogP contribution in [0.15, 0.2) is 67.3 Å². The third kappa shape index (κ3) is 4.80. The highest BCUT2D eigenvalue weighted by atomic mass is 32.1. The highest BCUT2D eigenvalue weighted by Gasteiger charge is 2.14. The maximum Gasteiger partial charge on any atom is 0.174 e. The number of hydrogen-bond donors (Lipinski definition) is 1. The Bertz CT molecular complexity index is 834. The van der Waals surface area contributed by atoms with Gasteiger partial charge in [0.15, 0.2) is 5.11 Å². The fraction of sp³-hybridized carbons (Fsp3) is 0.105. The minimum absolute atomic E-state index is 0.124. The fourth-order valence-electron chi connectivity index (χ4n) is 2.41. The Hall–Kier alpha value is -2.93. The number of thiocarbonyl (C=S) groups is 1. The summed E-state index contributed by atoms with van der Waals surface area (Å²) in [5.41, 5.74) is 2.04. The van der Waals surface area contributed by atoms with Crippen LogP contribution in [-0.2, 0) is 13.1 Å². The average Bonchev–Trinajstić information content (AvgIpc) is 2.65. The van der Waals surface area contributed by atoms with E-state index in [1.807, 2.05) is 29.2 Å². The smallest absolute Gasteiger partial charge is 0.174 e. The predicted octanol–water partition coefficient (Wildman–Crippen LogP) is 4.15. The number of anilines is 1. The van der Waals surface area contributed by atoms with Gasteiger partial charge in [-0.2, -0.15) is 0 Å². The van der Waals surface area contributed by atoms with E-state index < -0.39 is 11.6 Å². The molecule has 0 aliphatic carbocycles. The first-order valence-corrected chi connectivity index (χ1v) is 8.31. The molecule has 0 aliphatic rings. The second-order valence-corrected chi connectivity index (χ2v) is 6.02. The molecule has 4 nitrogen and oxygen atoms in total. The van der Waals surface area contributed by atoms with Crippen molar-refractivity contribution in [1.29, 1.82) is 0 Å². The second-order valence-electron chi connectivity index (χ2n) is 5.63. The van der Waals surface area contributed by atoms with Gasteiger partial charge in [0.05, 0.1) is 5.69 Å². The van der Waals surface area contributed by atoms with E-state index in [1.165, 1.54) is 12.1 Å². The standard InChI is InChI=1S/C19H16F2N4S/c20-16-5-6-18(17(21)9-16)24-19(26)25(12-14-3-1-7-22-10-14)13-15-4-2-8-23-11-15/h1-11H,12-13H2,(H,24,26). The van der Waals surface area contributed by atoms with Gasteiger partial charge in [0.25, 0.3) is 0 Å². The highest BCUT2D eigenvalue weighted by Crippen LogP contribution is 2.17. The van der Waals surface area contributed by atoms with Crippen LogP contribution in [0.3, 0.4) is 0 Å². The van der Waals surface area contributed by atoms with Gasteiger partial charge in [0, 0.05) is 43.9 Å². The Kier molecular flexibility index (Phi) is 5.80. The third-order valence-electron chi connectivity index (χ3n) is 3.65. The number of aromatic nitrogens is 2. The first kappa shape index (κ1) is 17.9. The van der Waals surface area contributed by atoms with Crippen molar-refractivity contribution in [2.24, 2.45) is 0 Å². The van der Waals surface area contributed by atoms with Gasteiger partial charge in [-0.3, -0.25) is 9.97 Å². The Labute approximate surface area is 155 Å². The Morgan fingerprint density at radius 2 is 1.58 bits per heavy atom. The maximum absolute atomic E-state index is 13.9. The molecule has 0 saturated carbocycles. The Balaban J connectivity index is 1.80. The van der Waals surface area contributed by atoms with Crippen LogP contribution in [0.4, 0.5) is 14.5 Å². The van der Waals surface area contributed by atoms with Gasteiger partial charge in [-0.05, 0) is 47.6 Å². The summed E-state index contributed by atoms with van der Waals surface area (Å²) < 4.78 is 27.0. The summed E-state index contributed by atoms with van der Waals surface area (Å²) in [5.74, 6) is -1.34. The van der Waals surface area contributed by atoms with Crippen molar-refractivity contribution >= 4 is 23.0 Å². The molecule has 0 bridgehead atoms. The van der Waals surface area contributed by atoms with Crippen LogP contribution in [0.5, 0.6) is 0 Å². The van der Waals surface area contributed by atoms with Gasteiger partial charge in [-0.25, -0.2) is 8.78 Å². The van der Waals surface area contributed by atoms with Gasteiger partial charge in [0.2, 0.25) is 0 Å². The van der Waals surface area contributed by atoms with Crippen LogP contribution >= 0.6 is 12.2 Å². The Morgan fingerprint density at radius 1 is 0.962 bits per heavy atom. The van der Waals surface area contributed by atoms with Gasteiger partial charge < -0.3 is 10.2 Å². The summed E-state index contributed by atoms with van der Waals surface area (Å²) in [6.45, 7) is 0.967. The van der Waals surface area contributed by atoms with Crippen LogP contribution < -0.4 is 5.32 Å². The molecule has 0 aliphatic heterocycles. The summed E-state index contributed by atoms with van der Waals surface area (Å²) in [7, 11) is 0. The molecular formula is C19H16F2N4S. The van der Waals surface area contributed by atoms with E-state index >= 15 is 0 Å². The van der Waals surface area contributed by atoms with Crippen molar-refractivity contribution in [2.75, 3.05) is 5.32 Å². The van der Waals surface area contributed by atoms with Crippen molar-refractivity contribution in [1.82, 2.24) is 14.9 Å². The van der Waals surface area contributed by atoms with E-state index in [-0.39, 0.29) is 5.69 Å². The van der Waals surface area contributed by atoms with Crippen LogP contribution in [0, 0.1) is 11.6 Å². The maximum atomic E-state index is 13.9. The fourth-order valence-corrected chi connectivity index (χ4v) is 2.65. The van der Waals surface area contributed by atoms with Gasteiger partial charge in [0.1, 0.15) is 11.6 Å². The second kappa shape index (κ2) is 8.44. The van der Waals surface area contributed by atoms with Crippen molar-refractivity contribution in [2.45, 2.75) is 13.1 Å². The largest absolute Gasteiger partial charge is 0.340 e. The third-order valence-corrected chi connectivity index (χ3v) is 4.01. The molecule has 26 heavy (non-hydrogen) atoms. The molecule has 1 aromatic carbocycles. The molecule has 0 spiro atoms. The lowest BCUT2D eigenvalue weighted by atomic mass is 10.2. The zero-order valence-corrected chi connectivity index (χ0v) is 14.6. The lowest BCUT2D eigenvalue weighted by Crippen LogP contribution is -2.34. The number of nitrogens with zero attached hydrogens (tertiary/aromatic N) is 3. The van der Waals surface area contributed by atoms with E-state index in [0.717, 1.165) is 17.2 Å². The summed E-state index contributed by atoms with van der Waals surface area (Å²) in [4.78, 5) is 10.1. The first-order chi connectivity index (χ1) is 12.6. The molecule has 3 rings (SSSR count). The van der Waals surface area contributed by atoms with E-state index in [9.17, 15) is 8.78 Å². The first-order valence-electron chi connectivity index (χ1n) is 7.90. The molecule has 7 heteroatoms. The normalized spacial score (nSPS) is 10.4. The van der Waals surface area contributed by atoms with Crippen molar-refractivity contribution in [3.8, 4) is 0 Å². The van der Waals surface area contributed by atoms with Crippen LogP contribution in [0.1, 0.15) is 11.1 Å². The molecule has 0 amide bonds. The predicted molar refractivity (Wildman–Crippen MR) is 100 cm³/mol. The van der Waals surface area contributed by atoms with Crippen LogP contribution in [0.2, 0.25) is 0 Å². The zero-order chi connectivity index (χ0) is 18.4. The lowest BCUT2D eigenvalue weighted by molar-refractivity contribution is 0.411. The lowest BCUT2D eigenvalue weighted by Gasteiger charge is -2.26. The molecule has 132 valence electrons. The average molecular weight is 370 g/mol. The molecule has 3 aromatic rings. The highest BCUT2D eigenvalue weighted by molar-refractivity contribution is 7.80. The van der Waals surface area contributed by atoms with E-state index in [1.54, 1.807) is 24.8 Å². The molecular weight excluding hydrogens is 354 g/mol. The number of halogens is 2. The summed E-state index contributed by atoms with van der Waals surface area (Å²) in [5, 5.41) is 3.18. The number of rotatable bonds is 5. The molecule has 0 atom stereocenters. The van der Waals surface area contributed by atoms with Crippen molar-refractivity contribution in [3.63, 3.8) is 0 Å². The van der Waals surface area contributed by atoms with E-state index in [2.05, 4.69) is 15.3 Å². The number of nitrogens with one attached hydrogen (secondary N) is 1. The zero-order valence-electron chi connectivity index (χ0n) is 13.8. The number of benzene rings is 1. The van der Waals surface area contributed by atoms with Gasteiger partial charge >= 0.3 is 0 Å². The van der Waals surface area contributed by atoms with E-state index in [0.29, 0.717) is 18.2 Å². The van der Waals surface area contributed by atoms with Crippen LogP contribution in [0.25, 0.3) is 0 Å². The molecule has 2 heterocycles. The molecule has 1 N–H and O–H groups in total. The quantitative estimate of drug-likeness (QED) is 0.683. The minimum Gasteiger partial charge on any atom is -0.340 e. The number of pyridine rings is 2. The number of hydrogen-bond acceptors (Lipinski definition) is 3. The molecule has 0 saturated heterocycles. The molecule has 2 aromatic heterocycles. The molecule has 0 radical (unpaired) electrons. The Morgan fingerprint density at radius 3 is 2.08 bits per heavy atom. The summed E-state index contributed by atoms with van der Waals surface area (Å²) in [6, 6.07) is 10.9. The summed E-state index contributed by atoms with van der Waals surface area (Å²) >= 11 is 5.46.